The van der Waals surface area contributed by atoms with Crippen LogP contribution in [0.1, 0.15) is 30.4 Å². The number of fused-ring (bicyclic) bond motifs is 1. The van der Waals surface area contributed by atoms with E-state index in [-0.39, 0.29) is 12.4 Å². The molecular weight excluding hydrogens is 397 g/mol. The predicted molar refractivity (Wildman–Crippen MR) is 122 cm³/mol. The number of hydrazone groups is 1. The molecule has 164 valence electrons. The number of aromatic amines is 1. The molecule has 1 aromatic carbocycles. The molecule has 0 saturated carbocycles. The molecule has 0 radical (unpaired) electrons. The molecule has 0 amide bonds. The maximum absolute atomic E-state index is 15.3. The number of nitrogens with zero attached hydrogens (tertiary/aromatic N) is 3. The van der Waals surface area contributed by atoms with Crippen molar-refractivity contribution in [1.82, 2.24) is 9.97 Å². The third-order valence-corrected chi connectivity index (χ3v) is 5.49. The van der Waals surface area contributed by atoms with Gasteiger partial charge in [0, 0.05) is 48.4 Å². The fraction of sp³-hybridized carbons (Fsp3) is 0.391. The summed E-state index contributed by atoms with van der Waals surface area (Å²) in [6.45, 7) is 3.98. The van der Waals surface area contributed by atoms with Gasteiger partial charge in [-0.25, -0.2) is 4.98 Å². The Morgan fingerprint density at radius 1 is 1.23 bits per heavy atom. The topological polar surface area (TPSA) is 74.8 Å². The number of hydrogen-bond acceptors (Lipinski definition) is 6. The number of hydrogen-bond donors (Lipinski definition) is 2. The number of nitrogens with one attached hydrogen (secondary N) is 2. The number of anilines is 2. The highest BCUT2D eigenvalue weighted by atomic mass is 19.1. The Bertz CT molecular complexity index is 1060. The second-order valence-electron chi connectivity index (χ2n) is 7.60. The molecule has 3 heterocycles. The fourth-order valence-electron chi connectivity index (χ4n) is 3.80. The molecule has 2 N–H and O–H groups in total. The van der Waals surface area contributed by atoms with Gasteiger partial charge in [0.05, 0.1) is 12.8 Å². The minimum Gasteiger partial charge on any atom is -0.488 e. The molecule has 0 unspecified atom stereocenters. The summed E-state index contributed by atoms with van der Waals surface area (Å²) in [6.07, 6.45) is 6.84. The number of pyridine rings is 1. The molecule has 8 heteroatoms. The number of aromatic nitrogens is 2. The van der Waals surface area contributed by atoms with Crippen LogP contribution >= 0.6 is 0 Å². The minimum atomic E-state index is -0.429. The van der Waals surface area contributed by atoms with Crippen LogP contribution in [0.4, 0.5) is 16.0 Å². The lowest BCUT2D eigenvalue weighted by atomic mass is 10.1. The largest absolute Gasteiger partial charge is 0.488 e. The summed E-state index contributed by atoms with van der Waals surface area (Å²) in [6, 6.07) is 8.02. The number of H-pyrrole nitrogens is 1. The smallest absolute Gasteiger partial charge is 0.207 e. The van der Waals surface area contributed by atoms with Crippen LogP contribution in [-0.4, -0.2) is 49.6 Å². The fourth-order valence-corrected chi connectivity index (χ4v) is 3.80. The van der Waals surface area contributed by atoms with Crippen molar-refractivity contribution in [2.24, 2.45) is 5.10 Å². The van der Waals surface area contributed by atoms with Crippen molar-refractivity contribution >= 4 is 28.8 Å². The van der Waals surface area contributed by atoms with Gasteiger partial charge in [0.25, 0.3) is 0 Å². The molecule has 1 aliphatic rings. The lowest BCUT2D eigenvalue weighted by Gasteiger charge is -2.29. The number of piperidine rings is 1. The number of rotatable bonds is 8. The van der Waals surface area contributed by atoms with Crippen LogP contribution in [0.25, 0.3) is 10.9 Å². The van der Waals surface area contributed by atoms with E-state index in [1.807, 2.05) is 35.4 Å². The van der Waals surface area contributed by atoms with Gasteiger partial charge in [-0.15, -0.1) is 0 Å². The molecule has 0 aliphatic carbocycles. The van der Waals surface area contributed by atoms with E-state index >= 15 is 4.39 Å². The Hall–Kier alpha value is -3.13. The van der Waals surface area contributed by atoms with Crippen LogP contribution < -0.4 is 15.1 Å². The normalized spacial score (nSPS) is 14.5. The summed E-state index contributed by atoms with van der Waals surface area (Å²) in [7, 11) is 1.59. The summed E-state index contributed by atoms with van der Waals surface area (Å²) < 4.78 is 26.1. The molecule has 1 fully saturated rings. The molecule has 1 saturated heterocycles. The lowest BCUT2D eigenvalue weighted by molar-refractivity contribution is 0.143. The SMILES string of the molecule is COCCOc1c(C)c(N/N=C/c2c[nH]c3ccccc23)nc(N2CCCCC2)c1F. The van der Waals surface area contributed by atoms with Crippen molar-refractivity contribution in [1.29, 1.82) is 0 Å². The first kappa shape index (κ1) is 21.1. The third-order valence-electron chi connectivity index (χ3n) is 5.49. The Morgan fingerprint density at radius 2 is 2.03 bits per heavy atom. The zero-order valence-corrected chi connectivity index (χ0v) is 17.9. The summed E-state index contributed by atoms with van der Waals surface area (Å²) in [5.74, 6) is 0.548. The van der Waals surface area contributed by atoms with Crippen molar-refractivity contribution in [3.63, 3.8) is 0 Å². The first-order chi connectivity index (χ1) is 15.2. The molecule has 2 aromatic heterocycles. The molecule has 7 nitrogen and oxygen atoms in total. The van der Waals surface area contributed by atoms with Gasteiger partial charge in [-0.1, -0.05) is 18.2 Å². The summed E-state index contributed by atoms with van der Waals surface area (Å²) in [5, 5.41) is 5.45. The summed E-state index contributed by atoms with van der Waals surface area (Å²) in [4.78, 5) is 9.78. The zero-order chi connectivity index (χ0) is 21.6. The summed E-state index contributed by atoms with van der Waals surface area (Å²) >= 11 is 0. The Balaban J connectivity index is 1.62. The van der Waals surface area contributed by atoms with E-state index in [1.54, 1.807) is 20.2 Å². The maximum atomic E-state index is 15.3. The van der Waals surface area contributed by atoms with Gasteiger partial charge in [-0.3, -0.25) is 5.43 Å². The van der Waals surface area contributed by atoms with E-state index in [1.165, 1.54) is 0 Å². The highest BCUT2D eigenvalue weighted by molar-refractivity contribution is 5.99. The second kappa shape index (κ2) is 9.78. The molecule has 1 aliphatic heterocycles. The van der Waals surface area contributed by atoms with Crippen LogP contribution in [0.2, 0.25) is 0 Å². The van der Waals surface area contributed by atoms with Gasteiger partial charge >= 0.3 is 0 Å². The predicted octanol–water partition coefficient (Wildman–Crippen LogP) is 4.47. The molecule has 0 bridgehead atoms. The third kappa shape index (κ3) is 4.64. The summed E-state index contributed by atoms with van der Waals surface area (Å²) in [5.41, 5.74) is 5.56. The van der Waals surface area contributed by atoms with Gasteiger partial charge in [-0.2, -0.15) is 9.49 Å². The number of ether oxygens (including phenoxy) is 2. The van der Waals surface area contributed by atoms with Crippen molar-refractivity contribution in [2.45, 2.75) is 26.2 Å². The Labute approximate surface area is 181 Å². The number of para-hydroxylation sites is 1. The van der Waals surface area contributed by atoms with Crippen molar-refractivity contribution in [3.05, 3.63) is 47.4 Å². The molecule has 4 rings (SSSR count). The van der Waals surface area contributed by atoms with E-state index in [9.17, 15) is 0 Å². The molecule has 3 aromatic rings. The van der Waals surface area contributed by atoms with Crippen molar-refractivity contribution in [3.8, 4) is 5.75 Å². The first-order valence-corrected chi connectivity index (χ1v) is 10.6. The maximum Gasteiger partial charge on any atom is 0.207 e. The van der Waals surface area contributed by atoms with Crippen LogP contribution in [0.3, 0.4) is 0 Å². The van der Waals surface area contributed by atoms with E-state index in [4.69, 9.17) is 9.47 Å². The number of benzene rings is 1. The van der Waals surface area contributed by atoms with Gasteiger partial charge in [-0.05, 0) is 32.3 Å². The standard InChI is InChI=1S/C23H28FN5O2/c1-16-21(31-13-12-30-2)20(24)23(29-10-6-3-7-11-29)27-22(16)28-26-15-17-14-25-19-9-5-4-8-18(17)19/h4-5,8-9,14-15,25H,3,6-7,10-13H2,1-2H3,(H,27,28)/b26-15+. The Kier molecular flexibility index (Phi) is 6.66. The van der Waals surface area contributed by atoms with Crippen LogP contribution in [0.15, 0.2) is 35.6 Å². The molecule has 0 atom stereocenters. The number of methoxy groups -OCH3 is 1. The van der Waals surface area contributed by atoms with Crippen LogP contribution in [0, 0.1) is 12.7 Å². The second-order valence-corrected chi connectivity index (χ2v) is 7.60. The van der Waals surface area contributed by atoms with Gasteiger partial charge in [0.1, 0.15) is 6.61 Å². The monoisotopic (exact) mass is 425 g/mol. The minimum absolute atomic E-state index is 0.192. The molecular formula is C23H28FN5O2. The van der Waals surface area contributed by atoms with E-state index in [0.717, 1.165) is 48.8 Å². The van der Waals surface area contributed by atoms with Gasteiger partial charge in [0.2, 0.25) is 5.82 Å². The zero-order valence-electron chi connectivity index (χ0n) is 17.9. The van der Waals surface area contributed by atoms with Gasteiger partial charge < -0.3 is 19.4 Å². The quantitative estimate of drug-likeness (QED) is 0.316. The van der Waals surface area contributed by atoms with E-state index in [2.05, 4.69) is 20.5 Å². The highest BCUT2D eigenvalue weighted by Crippen LogP contribution is 2.35. The first-order valence-electron chi connectivity index (χ1n) is 10.6. The van der Waals surface area contributed by atoms with Crippen molar-refractivity contribution in [2.75, 3.05) is 43.7 Å². The van der Waals surface area contributed by atoms with Crippen LogP contribution in [0.5, 0.6) is 5.75 Å². The Morgan fingerprint density at radius 3 is 2.84 bits per heavy atom. The lowest BCUT2D eigenvalue weighted by Crippen LogP contribution is -2.31. The molecule has 0 spiro atoms. The van der Waals surface area contributed by atoms with E-state index < -0.39 is 5.82 Å². The van der Waals surface area contributed by atoms with Gasteiger partial charge in [0.15, 0.2) is 17.4 Å². The van der Waals surface area contributed by atoms with Crippen molar-refractivity contribution < 1.29 is 13.9 Å². The van der Waals surface area contributed by atoms with Crippen LogP contribution in [-0.2, 0) is 4.74 Å². The molecule has 31 heavy (non-hydrogen) atoms. The average Bonchev–Trinajstić information content (AvgIpc) is 3.21. The average molecular weight is 426 g/mol. The highest BCUT2D eigenvalue weighted by Gasteiger charge is 2.24. The van der Waals surface area contributed by atoms with E-state index in [0.29, 0.717) is 23.8 Å². The number of halogens is 1.